The second-order valence-corrected chi connectivity index (χ2v) is 7.42. The molecule has 6 heteroatoms. The molecule has 1 saturated heterocycles. The number of benzene rings is 2. The third-order valence-electron chi connectivity index (χ3n) is 5.47. The lowest BCUT2D eigenvalue weighted by molar-refractivity contribution is 0.0496. The average molecular weight is 401 g/mol. The van der Waals surface area contributed by atoms with Gasteiger partial charge < -0.3 is 19.7 Å². The van der Waals surface area contributed by atoms with E-state index in [1.165, 1.54) is 5.56 Å². The fourth-order valence-corrected chi connectivity index (χ4v) is 3.93. The van der Waals surface area contributed by atoms with Crippen LogP contribution in [0.2, 0.25) is 0 Å². The number of piperazine rings is 1. The minimum absolute atomic E-state index is 0.169. The second kappa shape index (κ2) is 10.5. The van der Waals surface area contributed by atoms with Gasteiger partial charge in [-0.15, -0.1) is 0 Å². The first-order valence-electron chi connectivity index (χ1n) is 10.3. The molecule has 158 valence electrons. The monoisotopic (exact) mass is 400 g/mol. The largest absolute Gasteiger partial charge is 0.504 e. The summed E-state index contributed by atoms with van der Waals surface area (Å²) in [5.41, 5.74) is 2.11. The number of phenolic OH excluding ortho intramolecular Hbond substituents is 1. The molecule has 0 radical (unpaired) electrons. The lowest BCUT2D eigenvalue weighted by Crippen LogP contribution is -2.52. The summed E-state index contributed by atoms with van der Waals surface area (Å²) in [4.78, 5) is 4.78. The Kier molecular flexibility index (Phi) is 7.75. The fraction of sp³-hybridized carbons (Fsp3) is 0.478. The molecule has 2 aromatic carbocycles. The van der Waals surface area contributed by atoms with Gasteiger partial charge in [0.15, 0.2) is 11.5 Å². The van der Waals surface area contributed by atoms with Gasteiger partial charge in [0.2, 0.25) is 0 Å². The van der Waals surface area contributed by atoms with Gasteiger partial charge in [-0.1, -0.05) is 24.3 Å². The molecule has 3 rings (SSSR count). The summed E-state index contributed by atoms with van der Waals surface area (Å²) < 4.78 is 10.7. The van der Waals surface area contributed by atoms with Crippen LogP contribution in [0.25, 0.3) is 0 Å². The number of phenols is 1. The van der Waals surface area contributed by atoms with Crippen LogP contribution in [-0.4, -0.2) is 66.0 Å². The molecule has 29 heavy (non-hydrogen) atoms. The molecule has 1 aliphatic heterocycles. The summed E-state index contributed by atoms with van der Waals surface area (Å²) in [6, 6.07) is 14.1. The van der Waals surface area contributed by atoms with Gasteiger partial charge in [0.05, 0.1) is 13.7 Å². The fourth-order valence-electron chi connectivity index (χ4n) is 3.93. The third kappa shape index (κ3) is 5.63. The van der Waals surface area contributed by atoms with Crippen molar-refractivity contribution in [1.29, 1.82) is 0 Å². The zero-order valence-electron chi connectivity index (χ0n) is 17.4. The summed E-state index contributed by atoms with van der Waals surface area (Å²) in [5, 5.41) is 20.0. The van der Waals surface area contributed by atoms with E-state index in [1.54, 1.807) is 13.2 Å². The summed E-state index contributed by atoms with van der Waals surface area (Å²) in [6.45, 7) is 7.03. The zero-order valence-corrected chi connectivity index (χ0v) is 17.4. The minimum Gasteiger partial charge on any atom is -0.504 e. The smallest absolute Gasteiger partial charge is 0.162 e. The molecule has 1 aliphatic rings. The Morgan fingerprint density at radius 1 is 1.07 bits per heavy atom. The van der Waals surface area contributed by atoms with Crippen LogP contribution < -0.4 is 9.47 Å². The molecule has 2 aromatic rings. The Bertz CT molecular complexity index is 766. The third-order valence-corrected chi connectivity index (χ3v) is 5.47. The quantitative estimate of drug-likeness (QED) is 0.675. The van der Waals surface area contributed by atoms with Crippen molar-refractivity contribution in [2.75, 3.05) is 40.0 Å². The molecule has 0 unspecified atom stereocenters. The predicted octanol–water partition coefficient (Wildman–Crippen LogP) is 2.87. The molecular formula is C23H32N2O4. The molecule has 1 fully saturated rings. The van der Waals surface area contributed by atoms with E-state index < -0.39 is 0 Å². The average Bonchev–Trinajstić information content (AvgIpc) is 2.73. The molecule has 0 aromatic heterocycles. The minimum atomic E-state index is 0.169. The van der Waals surface area contributed by atoms with Crippen molar-refractivity contribution in [3.63, 3.8) is 0 Å². The molecular weight excluding hydrogens is 368 g/mol. The SMILES string of the molecule is CCOc1ccc(CN2CCN(Cc3cccc(OC)c3O)C[C@H]2CCO)cc1. The Morgan fingerprint density at radius 3 is 2.55 bits per heavy atom. The maximum atomic E-state index is 10.4. The Morgan fingerprint density at radius 2 is 1.86 bits per heavy atom. The zero-order chi connectivity index (χ0) is 20.6. The molecule has 0 aliphatic carbocycles. The van der Waals surface area contributed by atoms with Crippen molar-refractivity contribution < 1.29 is 19.7 Å². The van der Waals surface area contributed by atoms with Crippen molar-refractivity contribution in [2.24, 2.45) is 0 Å². The molecule has 0 spiro atoms. The van der Waals surface area contributed by atoms with Gasteiger partial charge in [-0.2, -0.15) is 0 Å². The van der Waals surface area contributed by atoms with Crippen molar-refractivity contribution in [3.8, 4) is 17.2 Å². The van der Waals surface area contributed by atoms with Crippen LogP contribution in [0.15, 0.2) is 42.5 Å². The molecule has 0 amide bonds. The number of rotatable bonds is 9. The van der Waals surface area contributed by atoms with Crippen LogP contribution in [0, 0.1) is 0 Å². The number of aliphatic hydroxyl groups is 1. The number of para-hydroxylation sites is 1. The van der Waals surface area contributed by atoms with Gasteiger partial charge >= 0.3 is 0 Å². The number of aliphatic hydroxyl groups excluding tert-OH is 1. The maximum absolute atomic E-state index is 10.4. The highest BCUT2D eigenvalue weighted by Gasteiger charge is 2.27. The Hall–Kier alpha value is -2.28. The maximum Gasteiger partial charge on any atom is 0.162 e. The van der Waals surface area contributed by atoms with Gasteiger partial charge in [0, 0.05) is 50.9 Å². The van der Waals surface area contributed by atoms with Crippen molar-refractivity contribution >= 4 is 0 Å². The van der Waals surface area contributed by atoms with E-state index in [1.807, 2.05) is 31.2 Å². The molecule has 6 nitrogen and oxygen atoms in total. The standard InChI is InChI=1S/C23H32N2O4/c1-3-29-21-9-7-18(8-10-21)15-25-13-12-24(17-20(25)11-14-26)16-19-5-4-6-22(28-2)23(19)27/h4-10,20,26-27H,3,11-17H2,1-2H3/t20-/m1/s1. The van der Waals surface area contributed by atoms with Crippen molar-refractivity contribution in [1.82, 2.24) is 9.80 Å². The predicted molar refractivity (Wildman–Crippen MR) is 113 cm³/mol. The first kappa shape index (κ1) is 21.4. The molecule has 1 heterocycles. The van der Waals surface area contributed by atoms with Crippen LogP contribution in [0.5, 0.6) is 17.2 Å². The normalized spacial score (nSPS) is 18.0. The summed E-state index contributed by atoms with van der Waals surface area (Å²) in [5.74, 6) is 1.61. The lowest BCUT2D eigenvalue weighted by atomic mass is 10.1. The van der Waals surface area contributed by atoms with E-state index in [2.05, 4.69) is 21.9 Å². The van der Waals surface area contributed by atoms with Crippen LogP contribution >= 0.6 is 0 Å². The van der Waals surface area contributed by atoms with Crippen LogP contribution in [0.3, 0.4) is 0 Å². The highest BCUT2D eigenvalue weighted by Crippen LogP contribution is 2.31. The van der Waals surface area contributed by atoms with E-state index in [9.17, 15) is 10.2 Å². The first-order valence-corrected chi connectivity index (χ1v) is 10.3. The van der Waals surface area contributed by atoms with Crippen LogP contribution in [-0.2, 0) is 13.1 Å². The van der Waals surface area contributed by atoms with Gasteiger partial charge in [-0.25, -0.2) is 0 Å². The van der Waals surface area contributed by atoms with Gasteiger partial charge in [0.25, 0.3) is 0 Å². The number of methoxy groups -OCH3 is 1. The molecule has 2 N–H and O–H groups in total. The summed E-state index contributed by atoms with van der Waals surface area (Å²) >= 11 is 0. The summed E-state index contributed by atoms with van der Waals surface area (Å²) in [7, 11) is 1.57. The highest BCUT2D eigenvalue weighted by molar-refractivity contribution is 5.45. The lowest BCUT2D eigenvalue weighted by Gasteiger charge is -2.41. The Balaban J connectivity index is 1.63. The van der Waals surface area contributed by atoms with Crippen molar-refractivity contribution in [3.05, 3.63) is 53.6 Å². The number of nitrogens with zero attached hydrogens (tertiary/aromatic N) is 2. The van der Waals surface area contributed by atoms with Crippen LogP contribution in [0.1, 0.15) is 24.5 Å². The summed E-state index contributed by atoms with van der Waals surface area (Å²) in [6.07, 6.45) is 0.734. The highest BCUT2D eigenvalue weighted by atomic mass is 16.5. The molecule has 0 saturated carbocycles. The number of hydrogen-bond acceptors (Lipinski definition) is 6. The van der Waals surface area contributed by atoms with E-state index >= 15 is 0 Å². The number of hydrogen-bond donors (Lipinski definition) is 2. The first-order chi connectivity index (χ1) is 14.1. The molecule has 1 atom stereocenters. The number of ether oxygens (including phenoxy) is 2. The van der Waals surface area contributed by atoms with E-state index in [0.717, 1.165) is 43.9 Å². The van der Waals surface area contributed by atoms with Gasteiger partial charge in [-0.05, 0) is 37.1 Å². The second-order valence-electron chi connectivity index (χ2n) is 7.42. The van der Waals surface area contributed by atoms with Gasteiger partial charge in [0.1, 0.15) is 5.75 Å². The van der Waals surface area contributed by atoms with Crippen molar-refractivity contribution in [2.45, 2.75) is 32.5 Å². The Labute approximate surface area is 173 Å². The van der Waals surface area contributed by atoms with E-state index in [0.29, 0.717) is 18.9 Å². The number of aromatic hydroxyl groups is 1. The molecule has 0 bridgehead atoms. The van der Waals surface area contributed by atoms with E-state index in [-0.39, 0.29) is 18.4 Å². The topological polar surface area (TPSA) is 65.4 Å². The van der Waals surface area contributed by atoms with Crippen LogP contribution in [0.4, 0.5) is 0 Å². The van der Waals surface area contributed by atoms with E-state index in [4.69, 9.17) is 9.47 Å². The van der Waals surface area contributed by atoms with Gasteiger partial charge in [-0.3, -0.25) is 9.80 Å².